The SMILES string of the molecule is O=C(CCC1CCN(CCc2ccccc2)CC1)c1ccc2c(c1)CCN(Cc1ccccc1)CC2. The molecule has 1 saturated heterocycles. The van der Waals surface area contributed by atoms with Gasteiger partial charge in [-0.3, -0.25) is 9.69 Å². The zero-order chi connectivity index (χ0) is 24.6. The van der Waals surface area contributed by atoms with Crippen LogP contribution in [0.5, 0.6) is 0 Å². The van der Waals surface area contributed by atoms with E-state index in [4.69, 9.17) is 0 Å². The van der Waals surface area contributed by atoms with Crippen LogP contribution in [0.15, 0.2) is 78.9 Å². The van der Waals surface area contributed by atoms with E-state index in [1.807, 2.05) is 0 Å². The van der Waals surface area contributed by atoms with E-state index in [-0.39, 0.29) is 0 Å². The minimum atomic E-state index is 0.328. The smallest absolute Gasteiger partial charge is 0.162 e. The number of hydrogen-bond donors (Lipinski definition) is 0. The number of ketones is 1. The Hall–Kier alpha value is -2.75. The van der Waals surface area contributed by atoms with Crippen molar-refractivity contribution >= 4 is 5.78 Å². The summed E-state index contributed by atoms with van der Waals surface area (Å²) in [7, 11) is 0. The molecule has 0 N–H and O–H groups in total. The van der Waals surface area contributed by atoms with E-state index in [1.54, 1.807) is 0 Å². The van der Waals surface area contributed by atoms with Crippen LogP contribution >= 0.6 is 0 Å². The van der Waals surface area contributed by atoms with Crippen molar-refractivity contribution in [1.82, 2.24) is 9.80 Å². The van der Waals surface area contributed by atoms with Crippen LogP contribution in [0, 0.1) is 5.92 Å². The normalized spacial score (nSPS) is 17.4. The third-order valence-electron chi connectivity index (χ3n) is 8.22. The van der Waals surface area contributed by atoms with Crippen molar-refractivity contribution in [3.63, 3.8) is 0 Å². The number of rotatable bonds is 9. The first-order chi connectivity index (χ1) is 17.7. The molecule has 0 atom stereocenters. The van der Waals surface area contributed by atoms with Crippen LogP contribution in [0.3, 0.4) is 0 Å². The summed E-state index contributed by atoms with van der Waals surface area (Å²) in [6.07, 6.45) is 7.41. The topological polar surface area (TPSA) is 23.6 Å². The average Bonchev–Trinajstić information content (AvgIpc) is 3.14. The number of Topliss-reactive ketones (excluding diaryl/α,β-unsaturated/α-hetero) is 1. The Morgan fingerprint density at radius 1 is 0.722 bits per heavy atom. The van der Waals surface area contributed by atoms with Crippen LogP contribution in [0.4, 0.5) is 0 Å². The molecule has 3 aromatic rings. The standard InChI is InChI=1S/C33H40N2O/c36-33(14-11-28-16-21-34(22-17-28)20-15-27-7-3-1-4-8-27)32-13-12-30-18-23-35(24-19-31(30)25-32)26-29-9-5-2-6-10-29/h1-10,12-13,25,28H,11,14-24,26H2. The number of carbonyl (C=O) groups is 1. The van der Waals surface area contributed by atoms with Gasteiger partial charge in [0, 0.05) is 38.2 Å². The Balaban J connectivity index is 1.06. The molecule has 2 aliphatic heterocycles. The van der Waals surface area contributed by atoms with Gasteiger partial charge < -0.3 is 4.90 Å². The molecule has 3 nitrogen and oxygen atoms in total. The summed E-state index contributed by atoms with van der Waals surface area (Å²) >= 11 is 0. The van der Waals surface area contributed by atoms with E-state index in [0.29, 0.717) is 18.1 Å². The highest BCUT2D eigenvalue weighted by atomic mass is 16.1. The van der Waals surface area contributed by atoms with Gasteiger partial charge >= 0.3 is 0 Å². The van der Waals surface area contributed by atoms with Gasteiger partial charge in [-0.05, 0) is 85.9 Å². The van der Waals surface area contributed by atoms with Gasteiger partial charge in [0.05, 0.1) is 0 Å². The maximum atomic E-state index is 13.1. The predicted octanol–water partition coefficient (Wildman–Crippen LogP) is 6.21. The van der Waals surface area contributed by atoms with Crippen molar-refractivity contribution in [3.8, 4) is 0 Å². The zero-order valence-corrected chi connectivity index (χ0v) is 21.6. The summed E-state index contributed by atoms with van der Waals surface area (Å²) in [4.78, 5) is 18.2. The molecule has 0 unspecified atom stereocenters. The van der Waals surface area contributed by atoms with E-state index in [1.165, 1.54) is 48.2 Å². The maximum Gasteiger partial charge on any atom is 0.162 e. The minimum Gasteiger partial charge on any atom is -0.303 e. The molecule has 0 bridgehead atoms. The molecule has 0 saturated carbocycles. The van der Waals surface area contributed by atoms with Crippen molar-refractivity contribution in [3.05, 3.63) is 107 Å². The molecule has 188 valence electrons. The molecule has 3 aromatic carbocycles. The van der Waals surface area contributed by atoms with E-state index in [0.717, 1.165) is 57.4 Å². The fraction of sp³-hybridized carbons (Fsp3) is 0.424. The molecule has 0 aromatic heterocycles. The summed E-state index contributed by atoms with van der Waals surface area (Å²) in [5.74, 6) is 1.02. The fourth-order valence-electron chi connectivity index (χ4n) is 5.85. The van der Waals surface area contributed by atoms with Crippen molar-refractivity contribution in [2.75, 3.05) is 32.7 Å². The molecule has 2 aliphatic rings. The number of fused-ring (bicyclic) bond motifs is 1. The Kier molecular flexibility index (Phi) is 8.63. The first-order valence-electron chi connectivity index (χ1n) is 13.9. The van der Waals surface area contributed by atoms with Crippen LogP contribution in [-0.4, -0.2) is 48.3 Å². The second kappa shape index (κ2) is 12.5. The maximum absolute atomic E-state index is 13.1. The summed E-state index contributed by atoms with van der Waals surface area (Å²) in [5.41, 5.74) is 6.52. The molecule has 2 heterocycles. The monoisotopic (exact) mass is 480 g/mol. The first-order valence-corrected chi connectivity index (χ1v) is 13.9. The largest absolute Gasteiger partial charge is 0.303 e. The lowest BCUT2D eigenvalue weighted by molar-refractivity contribution is 0.0962. The molecule has 0 amide bonds. The Morgan fingerprint density at radius 3 is 2.11 bits per heavy atom. The highest BCUT2D eigenvalue weighted by molar-refractivity contribution is 5.96. The number of nitrogens with zero attached hydrogens (tertiary/aromatic N) is 2. The Labute approximate surface area is 217 Å². The second-order valence-electron chi connectivity index (χ2n) is 10.7. The summed E-state index contributed by atoms with van der Waals surface area (Å²) < 4.78 is 0. The van der Waals surface area contributed by atoms with Crippen molar-refractivity contribution in [2.45, 2.75) is 51.5 Å². The van der Waals surface area contributed by atoms with Crippen LogP contribution in [0.25, 0.3) is 0 Å². The van der Waals surface area contributed by atoms with Crippen LogP contribution in [0.1, 0.15) is 58.3 Å². The van der Waals surface area contributed by atoms with Gasteiger partial charge in [0.15, 0.2) is 5.78 Å². The summed E-state index contributed by atoms with van der Waals surface area (Å²) in [6.45, 7) is 6.63. The van der Waals surface area contributed by atoms with Crippen molar-refractivity contribution in [2.24, 2.45) is 5.92 Å². The van der Waals surface area contributed by atoms with E-state index >= 15 is 0 Å². The molecule has 36 heavy (non-hydrogen) atoms. The minimum absolute atomic E-state index is 0.328. The Morgan fingerprint density at radius 2 is 1.39 bits per heavy atom. The van der Waals surface area contributed by atoms with E-state index in [2.05, 4.69) is 88.7 Å². The third kappa shape index (κ3) is 6.93. The molecule has 3 heteroatoms. The zero-order valence-electron chi connectivity index (χ0n) is 21.6. The number of piperidine rings is 1. The molecular formula is C33H40N2O. The third-order valence-corrected chi connectivity index (χ3v) is 8.22. The summed E-state index contributed by atoms with van der Waals surface area (Å²) in [5, 5.41) is 0. The fourth-order valence-corrected chi connectivity index (χ4v) is 5.85. The highest BCUT2D eigenvalue weighted by Gasteiger charge is 2.21. The molecule has 1 fully saturated rings. The number of benzene rings is 3. The molecule has 0 radical (unpaired) electrons. The van der Waals surface area contributed by atoms with Crippen LogP contribution < -0.4 is 0 Å². The molecule has 0 aliphatic carbocycles. The van der Waals surface area contributed by atoms with E-state index < -0.39 is 0 Å². The lowest BCUT2D eigenvalue weighted by Crippen LogP contribution is -2.35. The quantitative estimate of drug-likeness (QED) is 0.341. The molecular weight excluding hydrogens is 440 g/mol. The molecule has 0 spiro atoms. The summed E-state index contributed by atoms with van der Waals surface area (Å²) in [6, 6.07) is 28.0. The Bertz CT molecular complexity index is 1100. The lowest BCUT2D eigenvalue weighted by atomic mass is 9.89. The van der Waals surface area contributed by atoms with Crippen LogP contribution in [-0.2, 0) is 25.8 Å². The molecule has 5 rings (SSSR count). The van der Waals surface area contributed by atoms with Gasteiger partial charge in [-0.1, -0.05) is 72.8 Å². The van der Waals surface area contributed by atoms with Crippen molar-refractivity contribution < 1.29 is 4.79 Å². The predicted molar refractivity (Wildman–Crippen MR) is 148 cm³/mol. The first kappa shape index (κ1) is 24.9. The number of likely N-dealkylation sites (tertiary alicyclic amines) is 1. The van der Waals surface area contributed by atoms with E-state index in [9.17, 15) is 4.79 Å². The van der Waals surface area contributed by atoms with Gasteiger partial charge in [-0.15, -0.1) is 0 Å². The highest BCUT2D eigenvalue weighted by Crippen LogP contribution is 2.25. The average molecular weight is 481 g/mol. The van der Waals surface area contributed by atoms with Gasteiger partial charge in [-0.2, -0.15) is 0 Å². The number of carbonyl (C=O) groups excluding carboxylic acids is 1. The van der Waals surface area contributed by atoms with Gasteiger partial charge in [-0.25, -0.2) is 0 Å². The lowest BCUT2D eigenvalue weighted by Gasteiger charge is -2.32. The van der Waals surface area contributed by atoms with Gasteiger partial charge in [0.2, 0.25) is 0 Å². The van der Waals surface area contributed by atoms with Crippen LogP contribution in [0.2, 0.25) is 0 Å². The van der Waals surface area contributed by atoms with Gasteiger partial charge in [0.1, 0.15) is 0 Å². The second-order valence-corrected chi connectivity index (χ2v) is 10.7. The number of hydrogen-bond acceptors (Lipinski definition) is 3. The van der Waals surface area contributed by atoms with Gasteiger partial charge in [0.25, 0.3) is 0 Å². The van der Waals surface area contributed by atoms with Crippen molar-refractivity contribution in [1.29, 1.82) is 0 Å².